The normalized spacial score (nSPS) is 12.0. The maximum absolute atomic E-state index is 12.4. The van der Waals surface area contributed by atoms with E-state index >= 15 is 0 Å². The number of aliphatic carboxylic acids is 1. The number of nitrogens with one attached hydrogen (secondary N) is 3. The van der Waals surface area contributed by atoms with Crippen molar-refractivity contribution >= 4 is 24.1 Å². The number of hydrogen-bond acceptors (Lipinski definition) is 6. The number of alkyl carbamates (subject to hydrolysis) is 2. The Labute approximate surface area is 163 Å². The Kier molecular flexibility index (Phi) is 9.16. The van der Waals surface area contributed by atoms with Gasteiger partial charge in [-0.05, 0) is 41.5 Å². The van der Waals surface area contributed by atoms with Crippen molar-refractivity contribution in [2.24, 2.45) is 5.41 Å². The first-order valence-corrected chi connectivity index (χ1v) is 8.60. The fourth-order valence-corrected chi connectivity index (χ4v) is 1.84. The molecule has 0 saturated heterocycles. The predicted octanol–water partition coefficient (Wildman–Crippen LogP) is 1.19. The van der Waals surface area contributed by atoms with Gasteiger partial charge in [-0.15, -0.1) is 0 Å². The van der Waals surface area contributed by atoms with Gasteiger partial charge < -0.3 is 30.5 Å². The quantitative estimate of drug-likeness (QED) is 0.473. The van der Waals surface area contributed by atoms with Crippen LogP contribution >= 0.6 is 0 Å². The van der Waals surface area contributed by atoms with Crippen LogP contribution in [-0.4, -0.2) is 66.7 Å². The zero-order valence-corrected chi connectivity index (χ0v) is 17.1. The van der Waals surface area contributed by atoms with Gasteiger partial charge in [-0.25, -0.2) is 14.0 Å². The molecule has 0 radical (unpaired) electrons. The zero-order chi connectivity index (χ0) is 22.2. The SMILES string of the molecule is CC(C)(C)OC(=O)NCC(CNC(=O)CF)(CNC(=O)OC(C)(C)C)C(=O)O. The maximum atomic E-state index is 12.4. The van der Waals surface area contributed by atoms with Crippen LogP contribution in [0.5, 0.6) is 0 Å². The highest BCUT2D eigenvalue weighted by Crippen LogP contribution is 2.17. The molecule has 28 heavy (non-hydrogen) atoms. The van der Waals surface area contributed by atoms with Crippen molar-refractivity contribution in [3.8, 4) is 0 Å². The van der Waals surface area contributed by atoms with Crippen LogP contribution in [0.2, 0.25) is 0 Å². The zero-order valence-electron chi connectivity index (χ0n) is 17.1. The Balaban J connectivity index is 5.29. The minimum absolute atomic E-state index is 0.500. The molecule has 0 rings (SSSR count). The fourth-order valence-electron chi connectivity index (χ4n) is 1.84. The summed E-state index contributed by atoms with van der Waals surface area (Å²) in [7, 11) is 0. The number of rotatable bonds is 8. The van der Waals surface area contributed by atoms with Crippen LogP contribution in [0.25, 0.3) is 0 Å². The summed E-state index contributed by atoms with van der Waals surface area (Å²) in [5.74, 6) is -2.46. The molecule has 3 amide bonds. The minimum Gasteiger partial charge on any atom is -0.481 e. The first-order valence-electron chi connectivity index (χ1n) is 8.60. The van der Waals surface area contributed by atoms with Crippen LogP contribution in [0.4, 0.5) is 14.0 Å². The Morgan fingerprint density at radius 1 is 0.786 bits per heavy atom. The highest BCUT2D eigenvalue weighted by molar-refractivity contribution is 5.81. The van der Waals surface area contributed by atoms with Crippen molar-refractivity contribution in [2.75, 3.05) is 26.3 Å². The summed E-state index contributed by atoms with van der Waals surface area (Å²) in [6.07, 6.45) is -1.76. The van der Waals surface area contributed by atoms with Crippen molar-refractivity contribution in [1.29, 1.82) is 0 Å². The molecule has 162 valence electrons. The Morgan fingerprint density at radius 2 is 1.14 bits per heavy atom. The van der Waals surface area contributed by atoms with E-state index in [0.29, 0.717) is 0 Å². The lowest BCUT2D eigenvalue weighted by molar-refractivity contribution is -0.148. The van der Waals surface area contributed by atoms with Gasteiger partial charge >= 0.3 is 18.2 Å². The van der Waals surface area contributed by atoms with Crippen molar-refractivity contribution < 1.29 is 38.1 Å². The monoisotopic (exact) mass is 407 g/mol. The smallest absolute Gasteiger partial charge is 0.407 e. The molecule has 0 aromatic heterocycles. The van der Waals surface area contributed by atoms with Gasteiger partial charge in [0.05, 0.1) is 0 Å². The van der Waals surface area contributed by atoms with Crippen LogP contribution in [0.15, 0.2) is 0 Å². The highest BCUT2D eigenvalue weighted by atomic mass is 19.1. The molecular weight excluding hydrogens is 377 g/mol. The molecule has 0 heterocycles. The number of alkyl halides is 1. The van der Waals surface area contributed by atoms with E-state index in [1.165, 1.54) is 0 Å². The summed E-state index contributed by atoms with van der Waals surface area (Å²) < 4.78 is 22.5. The van der Waals surface area contributed by atoms with Crippen LogP contribution in [0.1, 0.15) is 41.5 Å². The molecule has 0 fully saturated rings. The van der Waals surface area contributed by atoms with E-state index in [9.17, 15) is 28.7 Å². The largest absolute Gasteiger partial charge is 0.481 e. The van der Waals surface area contributed by atoms with Gasteiger partial charge in [0.1, 0.15) is 16.6 Å². The molecule has 11 heteroatoms. The Hall–Kier alpha value is -2.59. The molecule has 0 aliphatic heterocycles. The maximum Gasteiger partial charge on any atom is 0.407 e. The summed E-state index contributed by atoms with van der Waals surface area (Å²) in [6.45, 7) is 6.88. The number of carbonyl (C=O) groups is 4. The summed E-state index contributed by atoms with van der Waals surface area (Å²) in [6, 6.07) is 0. The van der Waals surface area contributed by atoms with E-state index in [4.69, 9.17) is 9.47 Å². The number of carbonyl (C=O) groups excluding carboxylic acids is 3. The van der Waals surface area contributed by atoms with Crippen LogP contribution in [-0.2, 0) is 19.1 Å². The lowest BCUT2D eigenvalue weighted by Crippen LogP contribution is -2.56. The topological polar surface area (TPSA) is 143 Å². The first-order chi connectivity index (χ1) is 12.6. The fraction of sp³-hybridized carbons (Fsp3) is 0.765. The van der Waals surface area contributed by atoms with Crippen molar-refractivity contribution in [3.63, 3.8) is 0 Å². The van der Waals surface area contributed by atoms with Gasteiger partial charge in [-0.2, -0.15) is 0 Å². The molecule has 0 atom stereocenters. The summed E-state index contributed by atoms with van der Waals surface area (Å²) in [4.78, 5) is 46.8. The molecule has 0 saturated carbocycles. The number of carboxylic acids is 1. The van der Waals surface area contributed by atoms with Crippen molar-refractivity contribution in [3.05, 3.63) is 0 Å². The summed E-state index contributed by atoms with van der Waals surface area (Å²) in [5.41, 5.74) is -3.49. The second kappa shape index (κ2) is 10.1. The van der Waals surface area contributed by atoms with E-state index in [1.807, 2.05) is 0 Å². The third kappa shape index (κ3) is 10.5. The molecule has 0 bridgehead atoms. The minimum atomic E-state index is -1.86. The average Bonchev–Trinajstić information content (AvgIpc) is 2.50. The standard InChI is InChI=1S/C17H30FN3O7/c1-15(2,3)27-13(25)20-9-17(12(23)24,8-19-11(22)7-18)10-21-14(26)28-16(4,5)6/h7-10H2,1-6H3,(H,19,22)(H,20,25)(H,21,26)(H,23,24). The summed E-state index contributed by atoms with van der Waals surface area (Å²) in [5, 5.41) is 16.4. The van der Waals surface area contributed by atoms with Gasteiger partial charge in [-0.1, -0.05) is 0 Å². The average molecular weight is 407 g/mol. The molecule has 0 unspecified atom stereocenters. The third-order valence-electron chi connectivity index (χ3n) is 3.14. The van der Waals surface area contributed by atoms with Crippen molar-refractivity contribution in [1.82, 2.24) is 16.0 Å². The lowest BCUT2D eigenvalue weighted by Gasteiger charge is -2.31. The van der Waals surface area contributed by atoms with E-state index in [-0.39, 0.29) is 0 Å². The molecule has 4 N–H and O–H groups in total. The molecule has 0 aromatic carbocycles. The van der Waals surface area contributed by atoms with Gasteiger partial charge in [-0.3, -0.25) is 9.59 Å². The number of carboxylic acid groups (broad SMARTS) is 1. The van der Waals surface area contributed by atoms with Crippen molar-refractivity contribution in [2.45, 2.75) is 52.7 Å². The summed E-state index contributed by atoms with van der Waals surface area (Å²) >= 11 is 0. The Morgan fingerprint density at radius 3 is 1.43 bits per heavy atom. The molecule has 10 nitrogen and oxygen atoms in total. The Bertz CT molecular complexity index is 550. The molecule has 0 aromatic rings. The third-order valence-corrected chi connectivity index (χ3v) is 3.14. The highest BCUT2D eigenvalue weighted by Gasteiger charge is 2.40. The van der Waals surface area contributed by atoms with E-state index in [2.05, 4.69) is 16.0 Å². The molecule has 0 spiro atoms. The van der Waals surface area contributed by atoms with Crippen LogP contribution in [0.3, 0.4) is 0 Å². The molecule has 0 aliphatic rings. The van der Waals surface area contributed by atoms with E-state index < -0.39 is 67.0 Å². The van der Waals surface area contributed by atoms with E-state index in [0.717, 1.165) is 0 Å². The van der Waals surface area contributed by atoms with Crippen LogP contribution in [0, 0.1) is 5.41 Å². The van der Waals surface area contributed by atoms with Gasteiger partial charge in [0.15, 0.2) is 6.67 Å². The van der Waals surface area contributed by atoms with Crippen LogP contribution < -0.4 is 16.0 Å². The van der Waals surface area contributed by atoms with E-state index in [1.54, 1.807) is 41.5 Å². The van der Waals surface area contributed by atoms with Gasteiger partial charge in [0.25, 0.3) is 5.91 Å². The second-order valence-electron chi connectivity index (χ2n) is 8.21. The second-order valence-corrected chi connectivity index (χ2v) is 8.21. The number of hydrogen-bond donors (Lipinski definition) is 4. The number of amides is 3. The number of halogens is 1. The van der Waals surface area contributed by atoms with Gasteiger partial charge in [0, 0.05) is 19.6 Å². The predicted molar refractivity (Wildman–Crippen MR) is 97.5 cm³/mol. The molecule has 0 aliphatic carbocycles. The van der Waals surface area contributed by atoms with Gasteiger partial charge in [0.2, 0.25) is 0 Å². The number of ether oxygens (including phenoxy) is 2. The molecular formula is C17H30FN3O7. The first kappa shape index (κ1) is 25.4. The lowest BCUT2D eigenvalue weighted by atomic mass is 9.87.